The molecule has 2 aliphatic heterocycles. The van der Waals surface area contributed by atoms with Crippen LogP contribution in [-0.4, -0.2) is 99.9 Å². The van der Waals surface area contributed by atoms with Gasteiger partial charge in [-0.25, -0.2) is 13.4 Å². The van der Waals surface area contributed by atoms with Crippen LogP contribution in [0.15, 0.2) is 84.3 Å². The number of benzene rings is 3. The van der Waals surface area contributed by atoms with E-state index in [1.54, 1.807) is 37.4 Å². The molecule has 3 heterocycles. The molecule has 1 fully saturated rings. The third kappa shape index (κ3) is 8.64. The molecule has 0 aliphatic carbocycles. The molecule has 6 rings (SSSR count). The quantitative estimate of drug-likeness (QED) is 0.152. The first-order valence-electron chi connectivity index (χ1n) is 17.1. The standard InChI is InChI=1S/C37H47N5O7S/c1-28-6-13-32(14-7-28)50(43,44)42-23-35(47-20-5-17-41-27-38-26-39-41)37(30-9-11-31(46-3)12-10-30)36(24-42)49-25-29-8-15-34-33(22-29)40(18-21-48-34)16-4-19-45-2/h6-15,22,26-27,35-37H,4-5,16-21,23-25H2,1-3H3/t35-,36+,37+/m1/s1. The van der Waals surface area contributed by atoms with Crippen molar-refractivity contribution in [3.8, 4) is 11.5 Å². The first-order valence-corrected chi connectivity index (χ1v) is 18.6. The van der Waals surface area contributed by atoms with Gasteiger partial charge in [0, 0.05) is 52.4 Å². The number of anilines is 1. The third-order valence-electron chi connectivity index (χ3n) is 9.28. The average Bonchev–Trinajstić information content (AvgIpc) is 3.66. The largest absolute Gasteiger partial charge is 0.497 e. The molecule has 4 aromatic rings. The number of fused-ring (bicyclic) bond motifs is 1. The van der Waals surface area contributed by atoms with E-state index in [0.717, 1.165) is 53.4 Å². The number of aryl methyl sites for hydroxylation is 2. The average molecular weight is 706 g/mol. The molecule has 1 aromatic heterocycles. The van der Waals surface area contributed by atoms with Crippen molar-refractivity contribution in [2.45, 2.75) is 55.9 Å². The fraction of sp³-hybridized carbons (Fsp3) is 0.459. The highest BCUT2D eigenvalue weighted by Crippen LogP contribution is 2.37. The van der Waals surface area contributed by atoms with E-state index >= 15 is 0 Å². The minimum Gasteiger partial charge on any atom is -0.497 e. The molecule has 1 saturated heterocycles. The maximum atomic E-state index is 14.1. The van der Waals surface area contributed by atoms with Gasteiger partial charge in [0.1, 0.15) is 30.8 Å². The fourth-order valence-electron chi connectivity index (χ4n) is 6.62. The molecule has 50 heavy (non-hydrogen) atoms. The Morgan fingerprint density at radius 1 is 0.900 bits per heavy atom. The van der Waals surface area contributed by atoms with Crippen LogP contribution in [0.5, 0.6) is 11.5 Å². The van der Waals surface area contributed by atoms with E-state index < -0.39 is 22.2 Å². The van der Waals surface area contributed by atoms with Crippen LogP contribution in [0.3, 0.4) is 0 Å². The second-order valence-electron chi connectivity index (χ2n) is 12.7. The van der Waals surface area contributed by atoms with Gasteiger partial charge in [-0.05, 0) is 67.3 Å². The predicted octanol–water partition coefficient (Wildman–Crippen LogP) is 4.68. The number of aromatic nitrogens is 3. The van der Waals surface area contributed by atoms with Crippen LogP contribution in [0.1, 0.15) is 35.4 Å². The zero-order valence-electron chi connectivity index (χ0n) is 29.0. The van der Waals surface area contributed by atoms with Gasteiger partial charge in [-0.2, -0.15) is 9.40 Å². The number of sulfonamides is 1. The van der Waals surface area contributed by atoms with Gasteiger partial charge in [-0.3, -0.25) is 4.68 Å². The molecule has 0 N–H and O–H groups in total. The van der Waals surface area contributed by atoms with Gasteiger partial charge in [0.2, 0.25) is 10.0 Å². The predicted molar refractivity (Wildman–Crippen MR) is 189 cm³/mol. The summed E-state index contributed by atoms with van der Waals surface area (Å²) in [7, 11) is -0.488. The molecule has 3 atom stereocenters. The molecular formula is C37H47N5O7S. The lowest BCUT2D eigenvalue weighted by Crippen LogP contribution is -2.54. The Hall–Kier alpha value is -4.01. The van der Waals surface area contributed by atoms with Crippen LogP contribution in [0.2, 0.25) is 0 Å². The lowest BCUT2D eigenvalue weighted by atomic mass is 9.85. The summed E-state index contributed by atoms with van der Waals surface area (Å²) in [5, 5.41) is 4.19. The molecule has 3 aromatic carbocycles. The summed E-state index contributed by atoms with van der Waals surface area (Å²) in [5.74, 6) is 1.34. The number of hydrogen-bond acceptors (Lipinski definition) is 10. The van der Waals surface area contributed by atoms with Crippen molar-refractivity contribution in [3.05, 3.63) is 96.1 Å². The molecule has 12 nitrogen and oxygen atoms in total. The van der Waals surface area contributed by atoms with Crippen molar-refractivity contribution in [2.75, 3.05) is 65.1 Å². The summed E-state index contributed by atoms with van der Waals surface area (Å²) in [6, 6.07) is 21.0. The molecule has 0 bridgehead atoms. The molecule has 0 unspecified atom stereocenters. The highest BCUT2D eigenvalue weighted by Gasteiger charge is 2.43. The summed E-state index contributed by atoms with van der Waals surface area (Å²) < 4.78 is 61.6. The number of piperidine rings is 1. The summed E-state index contributed by atoms with van der Waals surface area (Å²) >= 11 is 0. The Labute approximate surface area is 294 Å². The zero-order valence-corrected chi connectivity index (χ0v) is 29.8. The molecule has 0 radical (unpaired) electrons. The molecule has 0 saturated carbocycles. The molecule has 0 spiro atoms. The van der Waals surface area contributed by atoms with E-state index in [-0.39, 0.29) is 30.5 Å². The zero-order chi connectivity index (χ0) is 34.9. The maximum absolute atomic E-state index is 14.1. The lowest BCUT2D eigenvalue weighted by molar-refractivity contribution is -0.0795. The summed E-state index contributed by atoms with van der Waals surface area (Å²) in [4.78, 5) is 6.59. The summed E-state index contributed by atoms with van der Waals surface area (Å²) in [6.45, 7) is 6.60. The van der Waals surface area contributed by atoms with E-state index in [4.69, 9.17) is 23.7 Å². The smallest absolute Gasteiger partial charge is 0.243 e. The van der Waals surface area contributed by atoms with Crippen LogP contribution in [0, 0.1) is 6.92 Å². The van der Waals surface area contributed by atoms with Crippen LogP contribution in [0.4, 0.5) is 5.69 Å². The van der Waals surface area contributed by atoms with Crippen LogP contribution in [-0.2, 0) is 37.4 Å². The first kappa shape index (κ1) is 35.8. The van der Waals surface area contributed by atoms with Crippen molar-refractivity contribution in [1.29, 1.82) is 0 Å². The lowest BCUT2D eigenvalue weighted by Gasteiger charge is -2.43. The maximum Gasteiger partial charge on any atom is 0.243 e. The molecule has 0 amide bonds. The molecule has 268 valence electrons. The van der Waals surface area contributed by atoms with Crippen molar-refractivity contribution in [1.82, 2.24) is 19.1 Å². The van der Waals surface area contributed by atoms with Crippen molar-refractivity contribution < 1.29 is 32.1 Å². The summed E-state index contributed by atoms with van der Waals surface area (Å²) in [5.41, 5.74) is 3.99. The SMILES string of the molecule is COCCCN1CCOc2ccc(CO[C@H]3CN(S(=O)(=O)c4ccc(C)cc4)C[C@@H](OCCCn4cncn4)[C@@H]3c3ccc(OC)cc3)cc21. The van der Waals surface area contributed by atoms with E-state index in [1.807, 2.05) is 55.5 Å². The summed E-state index contributed by atoms with van der Waals surface area (Å²) in [6.07, 6.45) is 3.78. The van der Waals surface area contributed by atoms with Gasteiger partial charge < -0.3 is 28.6 Å². The highest BCUT2D eigenvalue weighted by molar-refractivity contribution is 7.89. The van der Waals surface area contributed by atoms with Crippen LogP contribution in [0.25, 0.3) is 0 Å². The normalized spacial score (nSPS) is 19.6. The van der Waals surface area contributed by atoms with E-state index in [0.29, 0.717) is 32.8 Å². The van der Waals surface area contributed by atoms with E-state index in [1.165, 1.54) is 10.6 Å². The molecular weight excluding hydrogens is 659 g/mol. The Morgan fingerprint density at radius 2 is 1.66 bits per heavy atom. The number of methoxy groups -OCH3 is 2. The number of ether oxygens (including phenoxy) is 5. The number of rotatable bonds is 16. The van der Waals surface area contributed by atoms with Crippen LogP contribution >= 0.6 is 0 Å². The van der Waals surface area contributed by atoms with Gasteiger partial charge in [0.15, 0.2) is 0 Å². The number of nitrogens with zero attached hydrogens (tertiary/aromatic N) is 5. The monoisotopic (exact) mass is 705 g/mol. The van der Waals surface area contributed by atoms with Crippen molar-refractivity contribution in [2.24, 2.45) is 0 Å². The Kier molecular flexibility index (Phi) is 12.0. The second-order valence-corrected chi connectivity index (χ2v) is 14.6. The molecule has 2 aliphatic rings. The van der Waals surface area contributed by atoms with Gasteiger partial charge in [-0.1, -0.05) is 35.9 Å². The topological polar surface area (TPSA) is 117 Å². The third-order valence-corrected chi connectivity index (χ3v) is 11.1. The minimum absolute atomic E-state index is 0.170. The van der Waals surface area contributed by atoms with Gasteiger partial charge >= 0.3 is 0 Å². The molecule has 13 heteroatoms. The second kappa shape index (κ2) is 16.8. The Bertz CT molecular complexity index is 1750. The van der Waals surface area contributed by atoms with Gasteiger partial charge in [0.05, 0.1) is 43.1 Å². The highest BCUT2D eigenvalue weighted by atomic mass is 32.2. The fourth-order valence-corrected chi connectivity index (χ4v) is 8.08. The first-order chi connectivity index (χ1) is 24.4. The van der Waals surface area contributed by atoms with E-state index in [9.17, 15) is 8.42 Å². The van der Waals surface area contributed by atoms with Gasteiger partial charge in [0.25, 0.3) is 0 Å². The van der Waals surface area contributed by atoms with Crippen molar-refractivity contribution >= 4 is 15.7 Å². The van der Waals surface area contributed by atoms with E-state index in [2.05, 4.69) is 21.0 Å². The minimum atomic E-state index is -3.84. The van der Waals surface area contributed by atoms with Crippen molar-refractivity contribution in [3.63, 3.8) is 0 Å². The number of hydrogen-bond donors (Lipinski definition) is 0. The van der Waals surface area contributed by atoms with Crippen LogP contribution < -0.4 is 14.4 Å². The van der Waals surface area contributed by atoms with Gasteiger partial charge in [-0.15, -0.1) is 0 Å². The Balaban J connectivity index is 1.28. The Morgan fingerprint density at radius 3 is 2.38 bits per heavy atom.